The maximum atomic E-state index is 11.9. The second-order valence-electron chi connectivity index (χ2n) is 9.27. The lowest BCUT2D eigenvalue weighted by atomic mass is 9.77. The Balaban J connectivity index is 1.51. The number of carbonyl (C=O) groups excluding carboxylic acids is 1. The molecule has 2 nitrogen and oxygen atoms in total. The summed E-state index contributed by atoms with van der Waals surface area (Å²) < 4.78 is 5.50. The standard InChI is InChI=1S/C28H40O2/c1-3-5-7-8-9-10-22-12-14-23(15-13-22)24-16-17-26-21-27(19-18-25(26)20-24)30-28(29)11-6-4-2/h16-23H,3-15H2,1-2H3/t22-,23-. The molecule has 2 aromatic rings. The Kier molecular flexibility index (Phi) is 9.24. The molecule has 2 heteroatoms. The van der Waals surface area contributed by atoms with Crippen molar-refractivity contribution >= 4 is 16.7 Å². The van der Waals surface area contributed by atoms with Gasteiger partial charge in [-0.2, -0.15) is 0 Å². The van der Waals surface area contributed by atoms with E-state index in [-0.39, 0.29) is 5.97 Å². The minimum atomic E-state index is -0.130. The van der Waals surface area contributed by atoms with Crippen LogP contribution in [0.15, 0.2) is 36.4 Å². The zero-order valence-electron chi connectivity index (χ0n) is 19.1. The molecule has 0 saturated heterocycles. The number of carbonyl (C=O) groups is 1. The first-order valence-corrected chi connectivity index (χ1v) is 12.4. The van der Waals surface area contributed by atoms with Gasteiger partial charge in [0.1, 0.15) is 5.75 Å². The van der Waals surface area contributed by atoms with E-state index in [1.165, 1.54) is 75.2 Å². The molecule has 0 bridgehead atoms. The number of benzene rings is 2. The fourth-order valence-electron chi connectivity index (χ4n) is 4.88. The van der Waals surface area contributed by atoms with Gasteiger partial charge in [0, 0.05) is 6.42 Å². The molecular formula is C28H40O2. The minimum absolute atomic E-state index is 0.130. The molecule has 0 aromatic heterocycles. The van der Waals surface area contributed by atoms with Crippen LogP contribution in [-0.2, 0) is 4.79 Å². The van der Waals surface area contributed by atoms with E-state index in [4.69, 9.17) is 4.74 Å². The molecule has 164 valence electrons. The summed E-state index contributed by atoms with van der Waals surface area (Å²) in [5.74, 6) is 2.19. The summed E-state index contributed by atoms with van der Waals surface area (Å²) in [5, 5.41) is 2.40. The maximum Gasteiger partial charge on any atom is 0.311 e. The summed E-state index contributed by atoms with van der Waals surface area (Å²) in [4.78, 5) is 11.9. The molecule has 2 aromatic carbocycles. The molecule has 30 heavy (non-hydrogen) atoms. The van der Waals surface area contributed by atoms with Gasteiger partial charge in [0.15, 0.2) is 0 Å². The lowest BCUT2D eigenvalue weighted by Crippen LogP contribution is -2.13. The van der Waals surface area contributed by atoms with Crippen molar-refractivity contribution in [2.24, 2.45) is 5.92 Å². The van der Waals surface area contributed by atoms with E-state index in [2.05, 4.69) is 38.1 Å². The highest BCUT2D eigenvalue weighted by atomic mass is 16.5. The van der Waals surface area contributed by atoms with Crippen molar-refractivity contribution in [3.63, 3.8) is 0 Å². The van der Waals surface area contributed by atoms with Gasteiger partial charge in [0.25, 0.3) is 0 Å². The summed E-state index contributed by atoms with van der Waals surface area (Å²) in [6.07, 6.45) is 16.3. The second kappa shape index (κ2) is 12.1. The van der Waals surface area contributed by atoms with Crippen LogP contribution < -0.4 is 4.74 Å². The minimum Gasteiger partial charge on any atom is -0.427 e. The molecule has 0 amide bonds. The Morgan fingerprint density at radius 1 is 0.833 bits per heavy atom. The first-order valence-electron chi connectivity index (χ1n) is 12.4. The van der Waals surface area contributed by atoms with Gasteiger partial charge < -0.3 is 4.74 Å². The van der Waals surface area contributed by atoms with Crippen LogP contribution in [0.4, 0.5) is 0 Å². The highest BCUT2D eigenvalue weighted by Gasteiger charge is 2.22. The molecule has 1 fully saturated rings. The fraction of sp³-hybridized carbons (Fsp3) is 0.607. The number of rotatable bonds is 11. The van der Waals surface area contributed by atoms with Crippen molar-refractivity contribution in [1.29, 1.82) is 0 Å². The Bertz CT molecular complexity index is 786. The Morgan fingerprint density at radius 2 is 1.53 bits per heavy atom. The van der Waals surface area contributed by atoms with Crippen molar-refractivity contribution in [1.82, 2.24) is 0 Å². The number of hydrogen-bond donors (Lipinski definition) is 0. The smallest absolute Gasteiger partial charge is 0.311 e. The van der Waals surface area contributed by atoms with E-state index in [0.29, 0.717) is 18.1 Å². The fourth-order valence-corrected chi connectivity index (χ4v) is 4.88. The second-order valence-corrected chi connectivity index (χ2v) is 9.27. The molecule has 1 aliphatic carbocycles. The zero-order valence-corrected chi connectivity index (χ0v) is 19.1. The zero-order chi connectivity index (χ0) is 21.2. The number of fused-ring (bicyclic) bond motifs is 1. The third-order valence-corrected chi connectivity index (χ3v) is 6.84. The van der Waals surface area contributed by atoms with Crippen LogP contribution in [0.1, 0.15) is 109 Å². The number of esters is 1. The predicted octanol–water partition coefficient (Wildman–Crippen LogP) is 8.57. The average Bonchev–Trinajstić information content (AvgIpc) is 2.77. The highest BCUT2D eigenvalue weighted by molar-refractivity contribution is 5.85. The molecule has 1 saturated carbocycles. The van der Waals surface area contributed by atoms with E-state index < -0.39 is 0 Å². The van der Waals surface area contributed by atoms with Crippen molar-refractivity contribution < 1.29 is 9.53 Å². The lowest BCUT2D eigenvalue weighted by Gasteiger charge is -2.29. The first kappa shape index (κ1) is 22.8. The van der Waals surface area contributed by atoms with Crippen molar-refractivity contribution in [2.75, 3.05) is 0 Å². The molecule has 0 aliphatic heterocycles. The van der Waals surface area contributed by atoms with Crippen molar-refractivity contribution in [3.8, 4) is 5.75 Å². The van der Waals surface area contributed by atoms with Crippen LogP contribution in [0.3, 0.4) is 0 Å². The molecule has 3 rings (SSSR count). The molecular weight excluding hydrogens is 368 g/mol. The topological polar surface area (TPSA) is 26.3 Å². The third kappa shape index (κ3) is 6.86. The van der Waals surface area contributed by atoms with Crippen LogP contribution in [0.25, 0.3) is 10.8 Å². The Morgan fingerprint density at radius 3 is 2.30 bits per heavy atom. The number of ether oxygens (including phenoxy) is 1. The molecule has 0 spiro atoms. The molecule has 0 radical (unpaired) electrons. The summed E-state index contributed by atoms with van der Waals surface area (Å²) >= 11 is 0. The van der Waals surface area contributed by atoms with Gasteiger partial charge >= 0.3 is 5.97 Å². The van der Waals surface area contributed by atoms with Gasteiger partial charge in [-0.05, 0) is 72.4 Å². The van der Waals surface area contributed by atoms with Gasteiger partial charge in [-0.15, -0.1) is 0 Å². The summed E-state index contributed by atoms with van der Waals surface area (Å²) in [6.45, 7) is 4.37. The first-order chi connectivity index (χ1) is 14.7. The molecule has 0 unspecified atom stereocenters. The average molecular weight is 409 g/mol. The highest BCUT2D eigenvalue weighted by Crippen LogP contribution is 2.38. The number of unbranched alkanes of at least 4 members (excludes halogenated alkanes) is 5. The predicted molar refractivity (Wildman–Crippen MR) is 127 cm³/mol. The summed E-state index contributed by atoms with van der Waals surface area (Å²) in [6, 6.07) is 12.9. The van der Waals surface area contributed by atoms with E-state index in [1.807, 2.05) is 12.1 Å². The SMILES string of the molecule is CCCCCCC[C@H]1CC[C@H](c2ccc3cc(OC(=O)CCCC)ccc3c2)CC1. The van der Waals surface area contributed by atoms with E-state index >= 15 is 0 Å². The summed E-state index contributed by atoms with van der Waals surface area (Å²) in [5.41, 5.74) is 1.48. The normalized spacial score (nSPS) is 19.1. The Labute approximate surface area is 183 Å². The van der Waals surface area contributed by atoms with Gasteiger partial charge in [-0.1, -0.05) is 83.1 Å². The van der Waals surface area contributed by atoms with Crippen LogP contribution in [0.5, 0.6) is 5.75 Å². The maximum absolute atomic E-state index is 11.9. The van der Waals surface area contributed by atoms with Gasteiger partial charge in [-0.3, -0.25) is 4.79 Å². The lowest BCUT2D eigenvalue weighted by molar-refractivity contribution is -0.134. The molecule has 0 atom stereocenters. The van der Waals surface area contributed by atoms with Crippen LogP contribution in [-0.4, -0.2) is 5.97 Å². The van der Waals surface area contributed by atoms with Gasteiger partial charge in [0.2, 0.25) is 0 Å². The number of hydrogen-bond acceptors (Lipinski definition) is 2. The quantitative estimate of drug-likeness (QED) is 0.211. The molecule has 1 aliphatic rings. The van der Waals surface area contributed by atoms with Crippen LogP contribution >= 0.6 is 0 Å². The van der Waals surface area contributed by atoms with Crippen molar-refractivity contribution in [3.05, 3.63) is 42.0 Å². The molecule has 0 heterocycles. The third-order valence-electron chi connectivity index (χ3n) is 6.84. The monoisotopic (exact) mass is 408 g/mol. The Hall–Kier alpha value is -1.83. The van der Waals surface area contributed by atoms with Gasteiger partial charge in [-0.25, -0.2) is 0 Å². The van der Waals surface area contributed by atoms with Crippen LogP contribution in [0, 0.1) is 5.92 Å². The molecule has 0 N–H and O–H groups in total. The van der Waals surface area contributed by atoms with Crippen LogP contribution in [0.2, 0.25) is 0 Å². The van der Waals surface area contributed by atoms with E-state index in [1.54, 1.807) is 0 Å². The van der Waals surface area contributed by atoms with E-state index in [9.17, 15) is 4.79 Å². The van der Waals surface area contributed by atoms with E-state index in [0.717, 1.165) is 24.1 Å². The largest absolute Gasteiger partial charge is 0.427 e. The van der Waals surface area contributed by atoms with Crippen molar-refractivity contribution in [2.45, 2.75) is 103 Å². The summed E-state index contributed by atoms with van der Waals surface area (Å²) in [7, 11) is 0. The van der Waals surface area contributed by atoms with Gasteiger partial charge in [0.05, 0.1) is 0 Å².